The summed E-state index contributed by atoms with van der Waals surface area (Å²) >= 11 is 4.58. The summed E-state index contributed by atoms with van der Waals surface area (Å²) in [6, 6.07) is 3.42. The van der Waals surface area contributed by atoms with E-state index in [1.165, 1.54) is 11.3 Å². The standard InChI is InChI=1S/C11H12BrN3O2S2/c1-6-5-10(7(2)4-9(6)12)19(16,17)15-11-14-13-8(3)18-11/h4-5H,1-3H3,(H,14,15). The molecule has 0 fully saturated rings. The maximum atomic E-state index is 12.3. The van der Waals surface area contributed by atoms with E-state index in [1.807, 2.05) is 6.92 Å². The van der Waals surface area contributed by atoms with Gasteiger partial charge in [0.25, 0.3) is 10.0 Å². The summed E-state index contributed by atoms with van der Waals surface area (Å²) in [6.07, 6.45) is 0. The first-order valence-corrected chi connectivity index (χ1v) is 8.48. The molecule has 0 saturated heterocycles. The first kappa shape index (κ1) is 14.4. The molecule has 0 spiro atoms. The fourth-order valence-corrected chi connectivity index (χ4v) is 4.14. The monoisotopic (exact) mass is 361 g/mol. The third kappa shape index (κ3) is 3.13. The van der Waals surface area contributed by atoms with Crippen LogP contribution in [0.2, 0.25) is 0 Å². The second kappa shape index (κ2) is 5.18. The zero-order valence-electron chi connectivity index (χ0n) is 10.6. The lowest BCUT2D eigenvalue weighted by Crippen LogP contribution is -2.14. The van der Waals surface area contributed by atoms with Gasteiger partial charge in [0.05, 0.1) is 4.90 Å². The number of aryl methyl sites for hydroxylation is 3. The Balaban J connectivity index is 2.42. The van der Waals surface area contributed by atoms with Crippen molar-refractivity contribution in [3.8, 4) is 0 Å². The Labute approximate surface area is 124 Å². The van der Waals surface area contributed by atoms with Gasteiger partial charge in [-0.15, -0.1) is 10.2 Å². The molecule has 0 aliphatic heterocycles. The maximum Gasteiger partial charge on any atom is 0.263 e. The van der Waals surface area contributed by atoms with E-state index in [1.54, 1.807) is 26.0 Å². The van der Waals surface area contributed by atoms with Crippen LogP contribution in [0.3, 0.4) is 0 Å². The molecular weight excluding hydrogens is 350 g/mol. The first-order chi connectivity index (χ1) is 8.79. The zero-order chi connectivity index (χ0) is 14.2. The fraction of sp³-hybridized carbons (Fsp3) is 0.273. The van der Waals surface area contributed by atoms with E-state index in [-0.39, 0.29) is 10.0 Å². The van der Waals surface area contributed by atoms with Crippen LogP contribution in [0, 0.1) is 20.8 Å². The van der Waals surface area contributed by atoms with Gasteiger partial charge in [-0.1, -0.05) is 27.3 Å². The van der Waals surface area contributed by atoms with Crippen molar-refractivity contribution in [2.45, 2.75) is 25.7 Å². The molecule has 0 saturated carbocycles. The average Bonchev–Trinajstić information content (AvgIpc) is 2.68. The lowest BCUT2D eigenvalue weighted by Gasteiger charge is -2.10. The lowest BCUT2D eigenvalue weighted by molar-refractivity contribution is 0.600. The van der Waals surface area contributed by atoms with Crippen LogP contribution in [0.4, 0.5) is 5.13 Å². The number of hydrogen-bond donors (Lipinski definition) is 1. The van der Waals surface area contributed by atoms with Crippen LogP contribution < -0.4 is 4.72 Å². The summed E-state index contributed by atoms with van der Waals surface area (Å²) in [5.74, 6) is 0. The second-order valence-corrected chi connectivity index (χ2v) is 7.79. The van der Waals surface area contributed by atoms with Crippen LogP contribution in [0.1, 0.15) is 16.1 Å². The predicted octanol–water partition coefficient (Wildman–Crippen LogP) is 3.03. The van der Waals surface area contributed by atoms with E-state index >= 15 is 0 Å². The molecule has 2 rings (SSSR count). The number of hydrogen-bond acceptors (Lipinski definition) is 5. The lowest BCUT2D eigenvalue weighted by atomic mass is 10.2. The molecule has 8 heteroatoms. The van der Waals surface area contributed by atoms with Crippen molar-refractivity contribution >= 4 is 42.4 Å². The highest BCUT2D eigenvalue weighted by atomic mass is 79.9. The molecule has 0 atom stereocenters. The van der Waals surface area contributed by atoms with Crippen LogP contribution in [0.25, 0.3) is 0 Å². The smallest absolute Gasteiger partial charge is 0.253 e. The maximum absolute atomic E-state index is 12.3. The van der Waals surface area contributed by atoms with Crippen molar-refractivity contribution in [2.24, 2.45) is 0 Å². The molecule has 0 unspecified atom stereocenters. The van der Waals surface area contributed by atoms with Crippen molar-refractivity contribution in [1.82, 2.24) is 10.2 Å². The average molecular weight is 362 g/mol. The van der Waals surface area contributed by atoms with E-state index < -0.39 is 10.0 Å². The molecule has 1 aromatic carbocycles. The van der Waals surface area contributed by atoms with Gasteiger partial charge in [0.15, 0.2) is 0 Å². The highest BCUT2D eigenvalue weighted by molar-refractivity contribution is 9.10. The Hall–Kier alpha value is -0.990. The van der Waals surface area contributed by atoms with E-state index in [9.17, 15) is 8.42 Å². The van der Waals surface area contributed by atoms with E-state index in [4.69, 9.17) is 0 Å². The van der Waals surface area contributed by atoms with Gasteiger partial charge in [-0.25, -0.2) is 8.42 Å². The molecule has 19 heavy (non-hydrogen) atoms. The fourth-order valence-electron chi connectivity index (χ4n) is 1.55. The summed E-state index contributed by atoms with van der Waals surface area (Å²) in [7, 11) is -3.63. The molecule has 0 aliphatic rings. The van der Waals surface area contributed by atoms with E-state index in [0.29, 0.717) is 10.6 Å². The molecule has 1 aromatic heterocycles. The van der Waals surface area contributed by atoms with Gasteiger partial charge in [0, 0.05) is 4.47 Å². The Morgan fingerprint density at radius 2 is 1.84 bits per heavy atom. The van der Waals surface area contributed by atoms with Gasteiger partial charge in [0.2, 0.25) is 5.13 Å². The molecular formula is C11H12BrN3O2S2. The van der Waals surface area contributed by atoms with Crippen molar-refractivity contribution in [3.05, 3.63) is 32.7 Å². The largest absolute Gasteiger partial charge is 0.263 e. The highest BCUT2D eigenvalue weighted by Gasteiger charge is 2.19. The molecule has 102 valence electrons. The van der Waals surface area contributed by atoms with Gasteiger partial charge in [-0.2, -0.15) is 0 Å². The van der Waals surface area contributed by atoms with Gasteiger partial charge in [-0.05, 0) is 44.0 Å². The predicted molar refractivity (Wildman–Crippen MR) is 79.1 cm³/mol. The van der Waals surface area contributed by atoms with Crippen molar-refractivity contribution < 1.29 is 8.42 Å². The molecule has 0 bridgehead atoms. The van der Waals surface area contributed by atoms with E-state index in [0.717, 1.165) is 10.0 Å². The quantitative estimate of drug-likeness (QED) is 0.911. The number of benzene rings is 1. The number of sulfonamides is 1. The van der Waals surface area contributed by atoms with Crippen molar-refractivity contribution in [1.29, 1.82) is 0 Å². The number of anilines is 1. The van der Waals surface area contributed by atoms with Gasteiger partial charge in [0.1, 0.15) is 5.01 Å². The van der Waals surface area contributed by atoms with Crippen molar-refractivity contribution in [3.63, 3.8) is 0 Å². The molecule has 0 aliphatic carbocycles. The number of rotatable bonds is 3. The number of aromatic nitrogens is 2. The minimum Gasteiger partial charge on any atom is -0.253 e. The van der Waals surface area contributed by atoms with Gasteiger partial charge in [-0.3, -0.25) is 4.72 Å². The van der Waals surface area contributed by atoms with Gasteiger partial charge >= 0.3 is 0 Å². The van der Waals surface area contributed by atoms with Crippen LogP contribution in [-0.2, 0) is 10.0 Å². The summed E-state index contributed by atoms with van der Waals surface area (Å²) in [5, 5.41) is 8.53. The molecule has 0 radical (unpaired) electrons. The Morgan fingerprint density at radius 3 is 2.42 bits per heavy atom. The molecule has 2 aromatic rings. The van der Waals surface area contributed by atoms with Crippen LogP contribution >= 0.6 is 27.3 Å². The summed E-state index contributed by atoms with van der Waals surface area (Å²) in [5.41, 5.74) is 1.53. The minimum absolute atomic E-state index is 0.251. The first-order valence-electron chi connectivity index (χ1n) is 5.39. The molecule has 1 N–H and O–H groups in total. The summed E-state index contributed by atoms with van der Waals surface area (Å²) in [4.78, 5) is 0.251. The normalized spacial score (nSPS) is 11.6. The Bertz CT molecular complexity index is 726. The van der Waals surface area contributed by atoms with Crippen LogP contribution in [0.15, 0.2) is 21.5 Å². The second-order valence-electron chi connectivity index (χ2n) is 4.10. The SMILES string of the molecule is Cc1nnc(NS(=O)(=O)c2cc(C)c(Br)cc2C)s1. The highest BCUT2D eigenvalue weighted by Crippen LogP contribution is 2.26. The van der Waals surface area contributed by atoms with Crippen LogP contribution in [0.5, 0.6) is 0 Å². The van der Waals surface area contributed by atoms with Gasteiger partial charge < -0.3 is 0 Å². The topological polar surface area (TPSA) is 72.0 Å². The number of nitrogens with zero attached hydrogens (tertiary/aromatic N) is 2. The zero-order valence-corrected chi connectivity index (χ0v) is 13.8. The van der Waals surface area contributed by atoms with E-state index in [2.05, 4.69) is 30.8 Å². The minimum atomic E-state index is -3.63. The Morgan fingerprint density at radius 1 is 1.16 bits per heavy atom. The number of nitrogens with one attached hydrogen (secondary N) is 1. The number of halogens is 1. The Kier molecular flexibility index (Phi) is 3.93. The molecule has 1 heterocycles. The summed E-state index contributed by atoms with van der Waals surface area (Å²) < 4.78 is 27.9. The summed E-state index contributed by atoms with van der Waals surface area (Å²) in [6.45, 7) is 5.37. The third-order valence-corrected chi connectivity index (χ3v) is 5.71. The molecule has 0 amide bonds. The third-order valence-electron chi connectivity index (χ3n) is 2.49. The van der Waals surface area contributed by atoms with Crippen molar-refractivity contribution in [2.75, 3.05) is 4.72 Å². The van der Waals surface area contributed by atoms with Crippen LogP contribution in [-0.4, -0.2) is 18.6 Å². The molecule has 5 nitrogen and oxygen atoms in total.